The lowest BCUT2D eigenvalue weighted by Gasteiger charge is -2.23. The summed E-state index contributed by atoms with van der Waals surface area (Å²) in [5.74, 6) is 0.987. The number of hydrogen-bond donors (Lipinski definition) is 1. The summed E-state index contributed by atoms with van der Waals surface area (Å²) in [4.78, 5) is 2.51. The highest BCUT2D eigenvalue weighted by atomic mass is 15.1. The van der Waals surface area contributed by atoms with Gasteiger partial charge in [-0.3, -0.25) is 0 Å². The van der Waals surface area contributed by atoms with Crippen molar-refractivity contribution < 1.29 is 0 Å². The summed E-state index contributed by atoms with van der Waals surface area (Å²) in [6.07, 6.45) is 5.28. The molecule has 1 saturated carbocycles. The van der Waals surface area contributed by atoms with Gasteiger partial charge in [0.2, 0.25) is 0 Å². The normalized spacial score (nSPS) is 16.6. The van der Waals surface area contributed by atoms with Crippen molar-refractivity contribution >= 4 is 0 Å². The Hall–Kier alpha value is -0.860. The largest absolute Gasteiger partial charge is 0.310 e. The van der Waals surface area contributed by atoms with Gasteiger partial charge in [0.15, 0.2) is 0 Å². The van der Waals surface area contributed by atoms with E-state index >= 15 is 0 Å². The van der Waals surface area contributed by atoms with Crippen LogP contribution < -0.4 is 5.32 Å². The second kappa shape index (κ2) is 7.80. The van der Waals surface area contributed by atoms with E-state index in [-0.39, 0.29) is 0 Å². The molecule has 1 unspecified atom stereocenters. The van der Waals surface area contributed by atoms with E-state index in [4.69, 9.17) is 0 Å². The van der Waals surface area contributed by atoms with Gasteiger partial charge in [-0.25, -0.2) is 0 Å². The highest BCUT2D eigenvalue weighted by Gasteiger charge is 2.23. The Balaban J connectivity index is 1.86. The van der Waals surface area contributed by atoms with Crippen molar-refractivity contribution in [1.29, 1.82) is 0 Å². The lowest BCUT2D eigenvalue weighted by molar-refractivity contribution is 0.296. The first-order valence-electron chi connectivity index (χ1n) is 8.17. The molecule has 20 heavy (non-hydrogen) atoms. The van der Waals surface area contributed by atoms with E-state index in [2.05, 4.69) is 55.4 Å². The standard InChI is InChI=1S/C18H30N2/c1-4-12-19-18(17-9-5-15(2)6-10-17)11-13-20(3)14-16-7-8-16/h5-6,9-10,16,18-19H,4,7-8,11-14H2,1-3H3. The van der Waals surface area contributed by atoms with Crippen LogP contribution in [0.5, 0.6) is 0 Å². The molecule has 1 N–H and O–H groups in total. The van der Waals surface area contributed by atoms with Crippen molar-refractivity contribution in [3.8, 4) is 0 Å². The van der Waals surface area contributed by atoms with Crippen molar-refractivity contribution in [3.05, 3.63) is 35.4 Å². The molecule has 1 atom stereocenters. The van der Waals surface area contributed by atoms with E-state index in [9.17, 15) is 0 Å². The predicted octanol–water partition coefficient (Wildman–Crippen LogP) is 3.77. The van der Waals surface area contributed by atoms with E-state index in [0.717, 1.165) is 12.5 Å². The maximum Gasteiger partial charge on any atom is 0.0332 e. The van der Waals surface area contributed by atoms with Crippen molar-refractivity contribution in [2.75, 3.05) is 26.7 Å². The number of nitrogens with zero attached hydrogens (tertiary/aromatic N) is 1. The first-order chi connectivity index (χ1) is 9.69. The highest BCUT2D eigenvalue weighted by molar-refractivity contribution is 5.24. The van der Waals surface area contributed by atoms with Gasteiger partial charge in [-0.05, 0) is 64.2 Å². The molecule has 0 radical (unpaired) electrons. The molecule has 1 fully saturated rings. The first-order valence-corrected chi connectivity index (χ1v) is 8.17. The van der Waals surface area contributed by atoms with Crippen molar-refractivity contribution in [2.24, 2.45) is 5.92 Å². The molecule has 2 heteroatoms. The Morgan fingerprint density at radius 1 is 1.25 bits per heavy atom. The fourth-order valence-corrected chi connectivity index (χ4v) is 2.69. The zero-order valence-electron chi connectivity index (χ0n) is 13.4. The van der Waals surface area contributed by atoms with Crippen LogP contribution in [0.25, 0.3) is 0 Å². The molecule has 1 aromatic carbocycles. The maximum absolute atomic E-state index is 3.70. The van der Waals surface area contributed by atoms with E-state index < -0.39 is 0 Å². The Morgan fingerprint density at radius 3 is 2.55 bits per heavy atom. The number of rotatable bonds is 9. The molecular formula is C18H30N2. The van der Waals surface area contributed by atoms with Crippen LogP contribution in [0.1, 0.15) is 49.8 Å². The molecule has 2 nitrogen and oxygen atoms in total. The van der Waals surface area contributed by atoms with Gasteiger partial charge in [-0.15, -0.1) is 0 Å². The van der Waals surface area contributed by atoms with Crippen LogP contribution in [-0.4, -0.2) is 31.6 Å². The third kappa shape index (κ3) is 5.26. The smallest absolute Gasteiger partial charge is 0.0332 e. The molecule has 0 spiro atoms. The van der Waals surface area contributed by atoms with Gasteiger partial charge in [0, 0.05) is 12.6 Å². The SMILES string of the molecule is CCCNC(CCN(C)CC1CC1)c1ccc(C)cc1. The number of nitrogens with one attached hydrogen (secondary N) is 1. The fraction of sp³-hybridized carbons (Fsp3) is 0.667. The van der Waals surface area contributed by atoms with Gasteiger partial charge in [0.25, 0.3) is 0 Å². The minimum Gasteiger partial charge on any atom is -0.310 e. The maximum atomic E-state index is 3.70. The van der Waals surface area contributed by atoms with E-state index in [1.807, 2.05) is 0 Å². The van der Waals surface area contributed by atoms with Crippen LogP contribution in [0.3, 0.4) is 0 Å². The van der Waals surface area contributed by atoms with Crippen molar-refractivity contribution in [1.82, 2.24) is 10.2 Å². The van der Waals surface area contributed by atoms with Crippen LogP contribution in [0.15, 0.2) is 24.3 Å². The Morgan fingerprint density at radius 2 is 1.95 bits per heavy atom. The van der Waals surface area contributed by atoms with Gasteiger partial charge in [0.05, 0.1) is 0 Å². The summed E-state index contributed by atoms with van der Waals surface area (Å²) in [5, 5.41) is 3.70. The average molecular weight is 274 g/mol. The Labute approximate surface area is 124 Å². The number of benzene rings is 1. The molecule has 0 bridgehead atoms. The second-order valence-corrected chi connectivity index (χ2v) is 6.41. The quantitative estimate of drug-likeness (QED) is 0.737. The molecule has 1 aliphatic rings. The monoisotopic (exact) mass is 274 g/mol. The molecule has 2 rings (SSSR count). The third-order valence-corrected chi connectivity index (χ3v) is 4.19. The molecule has 0 amide bonds. The van der Waals surface area contributed by atoms with E-state index in [1.165, 1.54) is 49.9 Å². The van der Waals surface area contributed by atoms with Crippen LogP contribution in [0, 0.1) is 12.8 Å². The second-order valence-electron chi connectivity index (χ2n) is 6.41. The summed E-state index contributed by atoms with van der Waals surface area (Å²) in [5.41, 5.74) is 2.78. The Bertz CT molecular complexity index is 381. The van der Waals surface area contributed by atoms with Gasteiger partial charge in [-0.2, -0.15) is 0 Å². The summed E-state index contributed by atoms with van der Waals surface area (Å²) >= 11 is 0. The van der Waals surface area contributed by atoms with Gasteiger partial charge >= 0.3 is 0 Å². The number of hydrogen-bond acceptors (Lipinski definition) is 2. The molecule has 112 valence electrons. The highest BCUT2D eigenvalue weighted by Crippen LogP contribution is 2.29. The van der Waals surface area contributed by atoms with Gasteiger partial charge < -0.3 is 10.2 Å². The molecular weight excluding hydrogens is 244 g/mol. The predicted molar refractivity (Wildman–Crippen MR) is 87.1 cm³/mol. The summed E-state index contributed by atoms with van der Waals surface area (Å²) in [6, 6.07) is 9.51. The van der Waals surface area contributed by atoms with E-state index in [1.54, 1.807) is 0 Å². The zero-order valence-corrected chi connectivity index (χ0v) is 13.4. The number of aryl methyl sites for hydroxylation is 1. The van der Waals surface area contributed by atoms with Crippen LogP contribution in [0.4, 0.5) is 0 Å². The minimum absolute atomic E-state index is 0.497. The summed E-state index contributed by atoms with van der Waals surface area (Å²) in [7, 11) is 2.27. The third-order valence-electron chi connectivity index (χ3n) is 4.19. The van der Waals surface area contributed by atoms with E-state index in [0.29, 0.717) is 6.04 Å². The molecule has 1 aromatic rings. The zero-order chi connectivity index (χ0) is 14.4. The fourth-order valence-electron chi connectivity index (χ4n) is 2.69. The molecule has 1 aliphatic carbocycles. The average Bonchev–Trinajstić information content (AvgIpc) is 3.24. The van der Waals surface area contributed by atoms with Gasteiger partial charge in [0.1, 0.15) is 0 Å². The van der Waals surface area contributed by atoms with Crippen LogP contribution in [-0.2, 0) is 0 Å². The lowest BCUT2D eigenvalue weighted by atomic mass is 10.0. The summed E-state index contributed by atoms with van der Waals surface area (Å²) in [6.45, 7) is 7.96. The van der Waals surface area contributed by atoms with Crippen LogP contribution >= 0.6 is 0 Å². The van der Waals surface area contributed by atoms with Gasteiger partial charge in [-0.1, -0.05) is 36.8 Å². The Kier molecular flexibility index (Phi) is 6.06. The molecule has 0 aliphatic heterocycles. The van der Waals surface area contributed by atoms with Crippen LogP contribution in [0.2, 0.25) is 0 Å². The topological polar surface area (TPSA) is 15.3 Å². The first kappa shape index (κ1) is 15.5. The van der Waals surface area contributed by atoms with Crippen molar-refractivity contribution in [3.63, 3.8) is 0 Å². The lowest BCUT2D eigenvalue weighted by Crippen LogP contribution is -2.29. The molecule has 0 saturated heterocycles. The molecule has 0 heterocycles. The van der Waals surface area contributed by atoms with Crippen molar-refractivity contribution in [2.45, 2.75) is 45.6 Å². The minimum atomic E-state index is 0.497. The summed E-state index contributed by atoms with van der Waals surface area (Å²) < 4.78 is 0. The molecule has 0 aromatic heterocycles.